The lowest BCUT2D eigenvalue weighted by Crippen LogP contribution is -2.20. The van der Waals surface area contributed by atoms with Gasteiger partial charge in [0.2, 0.25) is 0 Å². The van der Waals surface area contributed by atoms with Crippen molar-refractivity contribution < 1.29 is 26.7 Å². The summed E-state index contributed by atoms with van der Waals surface area (Å²) in [7, 11) is 0. The molecule has 0 saturated carbocycles. The molecular formula is C10H6ClF5N2O. The highest BCUT2D eigenvalue weighted by molar-refractivity contribution is 6.17. The van der Waals surface area contributed by atoms with Gasteiger partial charge in [-0.2, -0.15) is 5.26 Å². The minimum Gasteiger partial charge on any atom is -0.405 e. The highest BCUT2D eigenvalue weighted by Gasteiger charge is 2.35. The highest BCUT2D eigenvalue weighted by atomic mass is 35.5. The van der Waals surface area contributed by atoms with Crippen molar-refractivity contribution in [2.24, 2.45) is 0 Å². The van der Waals surface area contributed by atoms with E-state index in [1.807, 2.05) is 0 Å². The molecule has 0 unspecified atom stereocenters. The molecule has 1 rings (SSSR count). The zero-order valence-corrected chi connectivity index (χ0v) is 9.90. The topological polar surface area (TPSA) is 45.9 Å². The molecule has 1 heterocycles. The average molecular weight is 301 g/mol. The molecule has 0 radical (unpaired) electrons. The molecule has 0 amide bonds. The number of ether oxygens (including phenoxy) is 1. The maximum absolute atomic E-state index is 12.7. The number of rotatable bonds is 4. The molecule has 19 heavy (non-hydrogen) atoms. The van der Waals surface area contributed by atoms with Crippen molar-refractivity contribution in [2.45, 2.75) is 25.1 Å². The van der Waals surface area contributed by atoms with Crippen LogP contribution in [0.25, 0.3) is 0 Å². The van der Waals surface area contributed by atoms with Crippen LogP contribution in [0, 0.1) is 11.3 Å². The zero-order valence-electron chi connectivity index (χ0n) is 9.14. The van der Waals surface area contributed by atoms with E-state index >= 15 is 0 Å². The van der Waals surface area contributed by atoms with Crippen LogP contribution in [-0.2, 0) is 12.3 Å². The Bertz CT molecular complexity index is 498. The molecule has 0 bridgehead atoms. The minimum atomic E-state index is -5.15. The first-order valence-corrected chi connectivity index (χ1v) is 5.31. The summed E-state index contributed by atoms with van der Waals surface area (Å²) in [5.41, 5.74) is -1.52. The first-order valence-electron chi connectivity index (χ1n) is 4.77. The van der Waals surface area contributed by atoms with Gasteiger partial charge < -0.3 is 4.74 Å². The second-order valence-corrected chi connectivity index (χ2v) is 3.55. The summed E-state index contributed by atoms with van der Waals surface area (Å²) < 4.78 is 65.6. The largest absolute Gasteiger partial charge is 0.573 e. The summed E-state index contributed by atoms with van der Waals surface area (Å²) in [6.45, 7) is 0. The van der Waals surface area contributed by atoms with Crippen molar-refractivity contribution in [2.75, 3.05) is 0 Å². The molecule has 0 atom stereocenters. The lowest BCUT2D eigenvalue weighted by Gasteiger charge is -2.17. The molecule has 0 aromatic carbocycles. The van der Waals surface area contributed by atoms with Crippen molar-refractivity contribution in [1.29, 1.82) is 5.26 Å². The lowest BCUT2D eigenvalue weighted by atomic mass is 10.1. The number of alkyl halides is 6. The van der Waals surface area contributed by atoms with E-state index in [4.69, 9.17) is 16.9 Å². The van der Waals surface area contributed by atoms with E-state index in [9.17, 15) is 22.0 Å². The average Bonchev–Trinajstić information content (AvgIpc) is 2.29. The third kappa shape index (κ3) is 3.92. The summed E-state index contributed by atoms with van der Waals surface area (Å²) in [5, 5.41) is 8.55. The van der Waals surface area contributed by atoms with Crippen LogP contribution >= 0.6 is 11.6 Å². The van der Waals surface area contributed by atoms with Crippen molar-refractivity contribution in [3.63, 3.8) is 0 Å². The second kappa shape index (κ2) is 6.02. The zero-order chi connectivity index (χ0) is 14.6. The Labute approximate surface area is 109 Å². The van der Waals surface area contributed by atoms with Gasteiger partial charge in [-0.05, 0) is 0 Å². The van der Waals surface area contributed by atoms with E-state index in [0.29, 0.717) is 6.20 Å². The van der Waals surface area contributed by atoms with E-state index in [0.717, 1.165) is 0 Å². The standard InChI is InChI=1S/C10H6ClF5N2O/c11-3-7-5(1-2-17)8(19-10(14,15)16)6(4-18-7)9(12)13/h4,9H,1,3H2. The molecule has 0 fully saturated rings. The van der Waals surface area contributed by atoms with Gasteiger partial charge in [-0.25, -0.2) is 8.78 Å². The molecule has 104 valence electrons. The van der Waals surface area contributed by atoms with E-state index in [1.54, 1.807) is 6.07 Å². The summed E-state index contributed by atoms with van der Waals surface area (Å²) >= 11 is 5.45. The SMILES string of the molecule is N#CCc1c(CCl)ncc(C(F)F)c1OC(F)(F)F. The van der Waals surface area contributed by atoms with Crippen LogP contribution in [0.1, 0.15) is 23.2 Å². The molecule has 0 saturated heterocycles. The van der Waals surface area contributed by atoms with E-state index < -0.39 is 30.5 Å². The Hall–Kier alpha value is -1.62. The number of halogens is 6. The second-order valence-electron chi connectivity index (χ2n) is 3.28. The van der Waals surface area contributed by atoms with Gasteiger partial charge in [-0.1, -0.05) is 0 Å². The van der Waals surface area contributed by atoms with Gasteiger partial charge in [0.25, 0.3) is 6.43 Å². The van der Waals surface area contributed by atoms with Crippen LogP contribution in [0.3, 0.4) is 0 Å². The summed E-state index contributed by atoms with van der Waals surface area (Å²) in [6.07, 6.45) is -8.38. The Morgan fingerprint density at radius 3 is 2.47 bits per heavy atom. The Kier molecular flexibility index (Phi) is 4.89. The Balaban J connectivity index is 3.45. The van der Waals surface area contributed by atoms with Gasteiger partial charge in [0.15, 0.2) is 0 Å². The van der Waals surface area contributed by atoms with Crippen LogP contribution in [0.15, 0.2) is 6.20 Å². The first kappa shape index (κ1) is 15.4. The molecule has 0 N–H and O–H groups in total. The molecule has 0 aliphatic heterocycles. The number of hydrogen-bond acceptors (Lipinski definition) is 3. The van der Waals surface area contributed by atoms with E-state index in [1.165, 1.54) is 0 Å². The third-order valence-corrected chi connectivity index (χ3v) is 2.33. The van der Waals surface area contributed by atoms with Gasteiger partial charge in [0.05, 0.1) is 29.6 Å². The van der Waals surface area contributed by atoms with Gasteiger partial charge in [-0.15, -0.1) is 24.8 Å². The highest BCUT2D eigenvalue weighted by Crippen LogP contribution is 2.37. The monoisotopic (exact) mass is 300 g/mol. The fraction of sp³-hybridized carbons (Fsp3) is 0.400. The predicted molar refractivity (Wildman–Crippen MR) is 54.8 cm³/mol. The summed E-state index contributed by atoms with van der Waals surface area (Å²) in [6, 6.07) is 1.56. The molecular weight excluding hydrogens is 295 g/mol. The van der Waals surface area contributed by atoms with Crippen LogP contribution in [0.4, 0.5) is 22.0 Å². The van der Waals surface area contributed by atoms with Crippen molar-refractivity contribution in [3.05, 3.63) is 23.0 Å². The molecule has 1 aromatic heterocycles. The van der Waals surface area contributed by atoms with Gasteiger partial charge in [-0.3, -0.25) is 4.98 Å². The van der Waals surface area contributed by atoms with Gasteiger partial charge >= 0.3 is 6.36 Å². The molecule has 0 spiro atoms. The lowest BCUT2D eigenvalue weighted by molar-refractivity contribution is -0.275. The Morgan fingerprint density at radius 1 is 1.42 bits per heavy atom. The maximum atomic E-state index is 12.7. The molecule has 3 nitrogen and oxygen atoms in total. The number of pyridine rings is 1. The van der Waals surface area contributed by atoms with Crippen molar-refractivity contribution in [1.82, 2.24) is 4.98 Å². The number of aromatic nitrogens is 1. The maximum Gasteiger partial charge on any atom is 0.573 e. The van der Waals surface area contributed by atoms with Crippen molar-refractivity contribution in [3.8, 4) is 11.8 Å². The fourth-order valence-corrected chi connectivity index (χ4v) is 1.59. The number of nitrogens with zero attached hydrogens (tertiary/aromatic N) is 2. The van der Waals surface area contributed by atoms with Crippen LogP contribution < -0.4 is 4.74 Å². The number of nitriles is 1. The molecule has 1 aromatic rings. The minimum absolute atomic E-state index is 0.105. The van der Waals surface area contributed by atoms with Crippen LogP contribution in [-0.4, -0.2) is 11.3 Å². The fourth-order valence-electron chi connectivity index (χ4n) is 1.36. The molecule has 0 aliphatic carbocycles. The van der Waals surface area contributed by atoms with Crippen molar-refractivity contribution >= 4 is 11.6 Å². The van der Waals surface area contributed by atoms with Gasteiger partial charge in [0, 0.05) is 11.8 Å². The summed E-state index contributed by atoms with van der Waals surface area (Å²) in [4.78, 5) is 3.52. The van der Waals surface area contributed by atoms with E-state index in [-0.39, 0.29) is 17.1 Å². The van der Waals surface area contributed by atoms with Crippen LogP contribution in [0.5, 0.6) is 5.75 Å². The normalized spacial score (nSPS) is 11.5. The predicted octanol–water partition coefficient (Wildman–Crippen LogP) is 3.72. The third-order valence-electron chi connectivity index (χ3n) is 2.08. The molecule has 0 aliphatic rings. The van der Waals surface area contributed by atoms with Gasteiger partial charge in [0.1, 0.15) is 5.75 Å². The Morgan fingerprint density at radius 2 is 2.05 bits per heavy atom. The summed E-state index contributed by atoms with van der Waals surface area (Å²) in [5.74, 6) is -1.43. The number of hydrogen-bond donors (Lipinski definition) is 0. The molecule has 9 heteroatoms. The van der Waals surface area contributed by atoms with Crippen LogP contribution in [0.2, 0.25) is 0 Å². The quantitative estimate of drug-likeness (QED) is 0.629. The smallest absolute Gasteiger partial charge is 0.405 e. The first-order chi connectivity index (χ1) is 8.80. The van der Waals surface area contributed by atoms with E-state index in [2.05, 4.69) is 9.72 Å².